The summed E-state index contributed by atoms with van der Waals surface area (Å²) >= 11 is 0. The molecule has 8 nitrogen and oxygen atoms in total. The maximum absolute atomic E-state index is 12.2. The maximum Gasteiger partial charge on any atom is 0.389 e. The Bertz CT molecular complexity index is 762. The van der Waals surface area contributed by atoms with Crippen LogP contribution in [0.4, 0.5) is 13.2 Å². The first-order valence-electron chi connectivity index (χ1n) is 10.3. The summed E-state index contributed by atoms with van der Waals surface area (Å²) < 4.78 is 47.1. The number of amidine groups is 1. The molecule has 1 aliphatic heterocycles. The highest BCUT2D eigenvalue weighted by Crippen LogP contribution is 2.20. The van der Waals surface area contributed by atoms with E-state index >= 15 is 0 Å². The van der Waals surface area contributed by atoms with Crippen LogP contribution in [0.2, 0.25) is 0 Å². The summed E-state index contributed by atoms with van der Waals surface area (Å²) in [5.74, 6) is 0.0774. The van der Waals surface area contributed by atoms with Crippen molar-refractivity contribution in [2.24, 2.45) is 10.7 Å². The van der Waals surface area contributed by atoms with Gasteiger partial charge in [0.25, 0.3) is 0 Å². The first-order chi connectivity index (χ1) is 15.3. The number of rotatable bonds is 12. The standard InChI is InChI=1S/C21H31F3N6O2/c1-27-19(26)18(25)20(29-15-32-10-2-7-21(22,23)24)28-13-16-3-5-17(6-4-16)14-30-8-11-31-12-9-30/h3-6,26,28-29H,1-2,7-15,25H2/b20-18+,26-19?. The van der Waals surface area contributed by atoms with Gasteiger partial charge in [0.15, 0.2) is 5.84 Å². The zero-order chi connectivity index (χ0) is 23.4. The average Bonchev–Trinajstić information content (AvgIpc) is 2.78. The van der Waals surface area contributed by atoms with Crippen molar-refractivity contribution in [1.29, 1.82) is 5.41 Å². The maximum atomic E-state index is 12.2. The highest BCUT2D eigenvalue weighted by Gasteiger charge is 2.25. The van der Waals surface area contributed by atoms with Crippen LogP contribution in [0.25, 0.3) is 0 Å². The Labute approximate surface area is 186 Å². The molecule has 1 aromatic carbocycles. The molecule has 0 radical (unpaired) electrons. The summed E-state index contributed by atoms with van der Waals surface area (Å²) in [6.07, 6.45) is -5.23. The number of benzene rings is 1. The van der Waals surface area contributed by atoms with Crippen molar-refractivity contribution in [2.75, 3.05) is 39.6 Å². The second-order valence-corrected chi connectivity index (χ2v) is 7.30. The Morgan fingerprint density at radius 3 is 2.47 bits per heavy atom. The van der Waals surface area contributed by atoms with Gasteiger partial charge in [-0.3, -0.25) is 10.3 Å². The van der Waals surface area contributed by atoms with Crippen LogP contribution < -0.4 is 16.4 Å². The minimum absolute atomic E-state index is 0.0304. The third-order valence-electron chi connectivity index (χ3n) is 4.78. The predicted octanol–water partition coefficient (Wildman–Crippen LogP) is 2.32. The van der Waals surface area contributed by atoms with Gasteiger partial charge in [-0.15, -0.1) is 0 Å². The number of aliphatic imine (C=N–C) groups is 1. The fourth-order valence-corrected chi connectivity index (χ4v) is 3.00. The number of alkyl halides is 3. The van der Waals surface area contributed by atoms with Crippen molar-refractivity contribution >= 4 is 12.6 Å². The molecular weight excluding hydrogens is 425 g/mol. The molecule has 0 aliphatic carbocycles. The lowest BCUT2D eigenvalue weighted by Crippen LogP contribution is -2.35. The molecule has 1 fully saturated rings. The molecule has 0 aromatic heterocycles. The third-order valence-corrected chi connectivity index (χ3v) is 4.78. The van der Waals surface area contributed by atoms with E-state index in [0.717, 1.165) is 38.4 Å². The van der Waals surface area contributed by atoms with Crippen LogP contribution >= 0.6 is 0 Å². The molecule has 2 rings (SSSR count). The number of ether oxygens (including phenoxy) is 2. The van der Waals surface area contributed by atoms with E-state index in [-0.39, 0.29) is 31.3 Å². The van der Waals surface area contributed by atoms with Crippen LogP contribution in [0.15, 0.2) is 40.8 Å². The summed E-state index contributed by atoms with van der Waals surface area (Å²) in [6.45, 7) is 7.81. The largest absolute Gasteiger partial charge is 0.393 e. The van der Waals surface area contributed by atoms with Crippen molar-refractivity contribution in [3.8, 4) is 0 Å². The number of nitrogens with two attached hydrogens (primary N) is 1. The zero-order valence-electron chi connectivity index (χ0n) is 18.0. The van der Waals surface area contributed by atoms with E-state index in [0.29, 0.717) is 12.4 Å². The minimum atomic E-state index is -4.20. The fraction of sp³-hybridized carbons (Fsp3) is 0.524. The van der Waals surface area contributed by atoms with Gasteiger partial charge in [-0.05, 0) is 24.3 Å². The molecular formula is C21H31F3N6O2. The molecule has 178 valence electrons. The number of nitrogens with one attached hydrogen (secondary N) is 3. The van der Waals surface area contributed by atoms with Crippen LogP contribution in [0.5, 0.6) is 0 Å². The molecule has 5 N–H and O–H groups in total. The molecule has 1 aromatic rings. The van der Waals surface area contributed by atoms with Crippen molar-refractivity contribution in [1.82, 2.24) is 15.5 Å². The van der Waals surface area contributed by atoms with Gasteiger partial charge >= 0.3 is 6.18 Å². The summed E-state index contributed by atoms with van der Waals surface area (Å²) in [5, 5.41) is 13.7. The molecule has 0 saturated carbocycles. The second-order valence-electron chi connectivity index (χ2n) is 7.30. The van der Waals surface area contributed by atoms with E-state index in [1.807, 2.05) is 12.1 Å². The lowest BCUT2D eigenvalue weighted by molar-refractivity contribution is -0.138. The molecule has 0 atom stereocenters. The van der Waals surface area contributed by atoms with Crippen LogP contribution in [0.1, 0.15) is 24.0 Å². The second kappa shape index (κ2) is 13.0. The lowest BCUT2D eigenvalue weighted by Gasteiger charge is -2.26. The van der Waals surface area contributed by atoms with Gasteiger partial charge in [0.2, 0.25) is 0 Å². The molecule has 1 heterocycles. The van der Waals surface area contributed by atoms with E-state index in [9.17, 15) is 13.2 Å². The predicted molar refractivity (Wildman–Crippen MR) is 117 cm³/mol. The number of halogens is 3. The highest BCUT2D eigenvalue weighted by molar-refractivity contribution is 5.98. The first kappa shape index (κ1) is 25.6. The van der Waals surface area contributed by atoms with Crippen LogP contribution in [-0.4, -0.2) is 63.3 Å². The molecule has 0 unspecified atom stereocenters. The van der Waals surface area contributed by atoms with Gasteiger partial charge in [0, 0.05) is 39.2 Å². The van der Waals surface area contributed by atoms with Crippen molar-refractivity contribution in [2.45, 2.75) is 32.1 Å². The van der Waals surface area contributed by atoms with Crippen LogP contribution in [0.3, 0.4) is 0 Å². The minimum Gasteiger partial charge on any atom is -0.393 e. The Balaban J connectivity index is 1.85. The zero-order valence-corrected chi connectivity index (χ0v) is 18.0. The van der Waals surface area contributed by atoms with Gasteiger partial charge in [-0.25, -0.2) is 4.99 Å². The first-order valence-corrected chi connectivity index (χ1v) is 10.3. The van der Waals surface area contributed by atoms with E-state index in [4.69, 9.17) is 20.6 Å². The SMILES string of the molecule is C=NC(=N)/C(N)=C(\NCOCCCC(F)(F)F)NCc1ccc(CN2CCOCC2)cc1. The van der Waals surface area contributed by atoms with Crippen molar-refractivity contribution < 1.29 is 22.6 Å². The van der Waals surface area contributed by atoms with Gasteiger partial charge in [-0.2, -0.15) is 13.2 Å². The molecule has 0 bridgehead atoms. The van der Waals surface area contributed by atoms with Crippen molar-refractivity contribution in [3.05, 3.63) is 46.9 Å². The van der Waals surface area contributed by atoms with Crippen LogP contribution in [0, 0.1) is 5.41 Å². The lowest BCUT2D eigenvalue weighted by atomic mass is 10.1. The Hall–Kier alpha value is -2.63. The number of hydrogen-bond donors (Lipinski definition) is 4. The normalized spacial score (nSPS) is 15.7. The molecule has 0 spiro atoms. The Morgan fingerprint density at radius 2 is 1.84 bits per heavy atom. The monoisotopic (exact) mass is 456 g/mol. The smallest absolute Gasteiger partial charge is 0.389 e. The van der Waals surface area contributed by atoms with E-state index in [1.54, 1.807) is 0 Å². The Kier molecular flexibility index (Phi) is 10.4. The number of morpholine rings is 1. The summed E-state index contributed by atoms with van der Waals surface area (Å²) in [5.41, 5.74) is 8.16. The van der Waals surface area contributed by atoms with Crippen molar-refractivity contribution in [3.63, 3.8) is 0 Å². The highest BCUT2D eigenvalue weighted by atomic mass is 19.4. The molecule has 0 amide bonds. The van der Waals surface area contributed by atoms with Gasteiger partial charge in [0.1, 0.15) is 18.2 Å². The molecule has 1 saturated heterocycles. The summed E-state index contributed by atoms with van der Waals surface area (Å²) in [6, 6.07) is 8.12. The van der Waals surface area contributed by atoms with E-state index in [2.05, 4.69) is 39.4 Å². The van der Waals surface area contributed by atoms with Gasteiger partial charge in [0.05, 0.1) is 13.2 Å². The number of hydrogen-bond acceptors (Lipinski definition) is 7. The quantitative estimate of drug-likeness (QED) is 0.166. The third kappa shape index (κ3) is 9.67. The van der Waals surface area contributed by atoms with Gasteiger partial charge < -0.3 is 25.8 Å². The number of nitrogens with zero attached hydrogens (tertiary/aromatic N) is 2. The summed E-state index contributed by atoms with van der Waals surface area (Å²) in [4.78, 5) is 5.85. The average molecular weight is 457 g/mol. The molecule has 11 heteroatoms. The molecule has 1 aliphatic rings. The van der Waals surface area contributed by atoms with Gasteiger partial charge in [-0.1, -0.05) is 24.3 Å². The van der Waals surface area contributed by atoms with E-state index < -0.39 is 12.6 Å². The fourth-order valence-electron chi connectivity index (χ4n) is 3.00. The molecule has 32 heavy (non-hydrogen) atoms. The summed E-state index contributed by atoms with van der Waals surface area (Å²) in [7, 11) is 0. The Morgan fingerprint density at radius 1 is 1.19 bits per heavy atom. The topological polar surface area (TPSA) is 108 Å². The van der Waals surface area contributed by atoms with E-state index in [1.165, 1.54) is 5.56 Å². The van der Waals surface area contributed by atoms with Crippen LogP contribution in [-0.2, 0) is 22.6 Å².